The molecule has 3 heterocycles. The second-order valence-corrected chi connectivity index (χ2v) is 7.93. The molecule has 3 aromatic heterocycles. The van der Waals surface area contributed by atoms with Gasteiger partial charge in [-0.3, -0.25) is 4.79 Å². The SMILES string of the molecule is Cc1c(I)ccc2nc(-c3nc(-c4cc(F)c(CCC(=O)O)cc4Cl)no3)cn12. The summed E-state index contributed by atoms with van der Waals surface area (Å²) in [5.41, 5.74) is 2.74. The fourth-order valence-electron chi connectivity index (χ4n) is 2.90. The van der Waals surface area contributed by atoms with Crippen LogP contribution in [-0.4, -0.2) is 30.6 Å². The molecule has 0 aliphatic carbocycles. The summed E-state index contributed by atoms with van der Waals surface area (Å²) in [6.45, 7) is 1.98. The van der Waals surface area contributed by atoms with Gasteiger partial charge in [0.2, 0.25) is 5.82 Å². The van der Waals surface area contributed by atoms with Crippen molar-refractivity contribution in [1.29, 1.82) is 0 Å². The molecule has 0 bridgehead atoms. The number of benzene rings is 1. The summed E-state index contributed by atoms with van der Waals surface area (Å²) in [5, 5.41) is 12.9. The topological polar surface area (TPSA) is 93.5 Å². The maximum absolute atomic E-state index is 14.4. The van der Waals surface area contributed by atoms with Gasteiger partial charge in [0.15, 0.2) is 0 Å². The highest BCUT2D eigenvalue weighted by molar-refractivity contribution is 14.1. The molecular formula is C19H13ClFIN4O3. The van der Waals surface area contributed by atoms with Gasteiger partial charge in [0.05, 0.1) is 5.02 Å². The zero-order valence-electron chi connectivity index (χ0n) is 15.0. The van der Waals surface area contributed by atoms with Gasteiger partial charge >= 0.3 is 5.97 Å². The second-order valence-electron chi connectivity index (χ2n) is 6.36. The molecule has 4 rings (SSSR count). The first-order valence-electron chi connectivity index (χ1n) is 8.52. The Morgan fingerprint density at radius 2 is 2.14 bits per heavy atom. The first-order chi connectivity index (χ1) is 13.8. The van der Waals surface area contributed by atoms with Gasteiger partial charge < -0.3 is 14.0 Å². The van der Waals surface area contributed by atoms with Crippen molar-refractivity contribution in [1.82, 2.24) is 19.5 Å². The summed E-state index contributed by atoms with van der Waals surface area (Å²) in [4.78, 5) is 19.5. The molecule has 0 saturated heterocycles. The fourth-order valence-corrected chi connectivity index (χ4v) is 3.61. The van der Waals surface area contributed by atoms with Crippen molar-refractivity contribution >= 4 is 45.8 Å². The van der Waals surface area contributed by atoms with Crippen LogP contribution in [0.5, 0.6) is 0 Å². The summed E-state index contributed by atoms with van der Waals surface area (Å²) in [6, 6.07) is 6.43. The minimum absolute atomic E-state index is 0.0397. The van der Waals surface area contributed by atoms with Gasteiger partial charge in [0, 0.05) is 27.4 Å². The van der Waals surface area contributed by atoms with Gasteiger partial charge in [-0.15, -0.1) is 0 Å². The van der Waals surface area contributed by atoms with Crippen molar-refractivity contribution in [3.63, 3.8) is 0 Å². The molecule has 0 aliphatic heterocycles. The van der Waals surface area contributed by atoms with Crippen LogP contribution in [-0.2, 0) is 11.2 Å². The lowest BCUT2D eigenvalue weighted by Gasteiger charge is -2.05. The number of aliphatic carboxylic acids is 1. The maximum atomic E-state index is 14.4. The third-order valence-electron chi connectivity index (χ3n) is 4.45. The highest BCUT2D eigenvalue weighted by Crippen LogP contribution is 2.31. The average molecular weight is 527 g/mol. The van der Waals surface area contributed by atoms with Crippen molar-refractivity contribution in [3.05, 3.63) is 56.1 Å². The number of fused-ring (bicyclic) bond motifs is 1. The summed E-state index contributed by atoms with van der Waals surface area (Å²) in [7, 11) is 0. The summed E-state index contributed by atoms with van der Waals surface area (Å²) < 4.78 is 22.7. The Morgan fingerprint density at radius 1 is 1.34 bits per heavy atom. The van der Waals surface area contributed by atoms with Crippen LogP contribution in [0.15, 0.2) is 35.0 Å². The molecule has 1 N–H and O–H groups in total. The largest absolute Gasteiger partial charge is 0.481 e. The molecule has 0 amide bonds. The monoisotopic (exact) mass is 526 g/mol. The van der Waals surface area contributed by atoms with Gasteiger partial charge in [0.25, 0.3) is 5.89 Å². The minimum Gasteiger partial charge on any atom is -0.481 e. The number of aryl methyl sites for hydroxylation is 2. The molecule has 1 aromatic carbocycles. The number of halogens is 3. The Hall–Kier alpha value is -2.53. The first-order valence-corrected chi connectivity index (χ1v) is 9.97. The van der Waals surface area contributed by atoms with E-state index < -0.39 is 11.8 Å². The van der Waals surface area contributed by atoms with Crippen molar-refractivity contribution < 1.29 is 18.8 Å². The summed E-state index contributed by atoms with van der Waals surface area (Å²) >= 11 is 8.50. The average Bonchev–Trinajstić information content (AvgIpc) is 3.32. The van der Waals surface area contributed by atoms with Crippen LogP contribution in [0.3, 0.4) is 0 Å². The zero-order valence-corrected chi connectivity index (χ0v) is 17.9. The van der Waals surface area contributed by atoms with Crippen molar-refractivity contribution in [3.8, 4) is 23.0 Å². The van der Waals surface area contributed by atoms with E-state index in [1.54, 1.807) is 6.20 Å². The highest BCUT2D eigenvalue weighted by Gasteiger charge is 2.19. The number of carboxylic acid groups (broad SMARTS) is 1. The van der Waals surface area contributed by atoms with E-state index in [2.05, 4.69) is 37.7 Å². The number of hydrogen-bond acceptors (Lipinski definition) is 5. The van der Waals surface area contributed by atoms with Crippen LogP contribution in [0, 0.1) is 16.3 Å². The molecular weight excluding hydrogens is 514 g/mol. The van der Waals surface area contributed by atoms with Crippen LogP contribution >= 0.6 is 34.2 Å². The molecule has 4 aromatic rings. The molecule has 0 saturated carbocycles. The molecule has 0 aliphatic rings. The first kappa shape index (κ1) is 19.8. The summed E-state index contributed by atoms with van der Waals surface area (Å²) in [5.74, 6) is -1.28. The molecule has 0 spiro atoms. The van der Waals surface area contributed by atoms with Crippen LogP contribution in [0.2, 0.25) is 5.02 Å². The van der Waals surface area contributed by atoms with Gasteiger partial charge in [0.1, 0.15) is 17.2 Å². The fraction of sp³-hybridized carbons (Fsp3) is 0.158. The Morgan fingerprint density at radius 3 is 2.90 bits per heavy atom. The van der Waals surface area contributed by atoms with Crippen molar-refractivity contribution in [2.24, 2.45) is 0 Å². The predicted molar refractivity (Wildman–Crippen MR) is 112 cm³/mol. The molecule has 7 nitrogen and oxygen atoms in total. The van der Waals surface area contributed by atoms with E-state index >= 15 is 0 Å². The van der Waals surface area contributed by atoms with Gasteiger partial charge in [-0.25, -0.2) is 9.37 Å². The maximum Gasteiger partial charge on any atom is 0.303 e. The lowest BCUT2D eigenvalue weighted by molar-refractivity contribution is -0.136. The lowest BCUT2D eigenvalue weighted by Crippen LogP contribution is -2.00. The molecule has 0 unspecified atom stereocenters. The van der Waals surface area contributed by atoms with Gasteiger partial charge in [-0.1, -0.05) is 16.8 Å². The summed E-state index contributed by atoms with van der Waals surface area (Å²) in [6.07, 6.45) is 1.64. The van der Waals surface area contributed by atoms with Crippen LogP contribution < -0.4 is 0 Å². The Kier molecular flexibility index (Phi) is 5.26. The van der Waals surface area contributed by atoms with E-state index in [1.807, 2.05) is 23.5 Å². The number of nitrogens with zero attached hydrogens (tertiary/aromatic N) is 4. The van der Waals surface area contributed by atoms with E-state index in [0.29, 0.717) is 5.69 Å². The molecule has 0 atom stereocenters. The highest BCUT2D eigenvalue weighted by atomic mass is 127. The lowest BCUT2D eigenvalue weighted by atomic mass is 10.1. The standard InChI is InChI=1S/C19H13ClFIN4O3/c1-9-14(22)3-4-16-23-15(8-26(9)16)19-24-18(25-29-19)11-7-13(21)10(6-12(11)20)2-5-17(27)28/h3-4,6-8H,2,5H2,1H3,(H,27,28). The zero-order chi connectivity index (χ0) is 20.7. The van der Waals surface area contributed by atoms with Crippen LogP contribution in [0.25, 0.3) is 28.6 Å². The van der Waals surface area contributed by atoms with Gasteiger partial charge in [-0.05, 0) is 65.8 Å². The van der Waals surface area contributed by atoms with E-state index in [0.717, 1.165) is 14.9 Å². The minimum atomic E-state index is -1.01. The number of aromatic nitrogens is 4. The number of carbonyl (C=O) groups is 1. The number of imidazole rings is 1. The molecule has 29 heavy (non-hydrogen) atoms. The number of pyridine rings is 1. The van der Waals surface area contributed by atoms with Crippen molar-refractivity contribution in [2.75, 3.05) is 0 Å². The molecule has 0 fully saturated rings. The second kappa shape index (κ2) is 7.71. The molecule has 0 radical (unpaired) electrons. The van der Waals surface area contributed by atoms with Gasteiger partial charge in [-0.2, -0.15) is 4.98 Å². The number of rotatable bonds is 5. The smallest absolute Gasteiger partial charge is 0.303 e. The van der Waals surface area contributed by atoms with E-state index in [9.17, 15) is 9.18 Å². The Labute approximate surface area is 182 Å². The third-order valence-corrected chi connectivity index (χ3v) is 5.90. The Bertz CT molecular complexity index is 1250. The van der Waals surface area contributed by atoms with E-state index in [-0.39, 0.29) is 40.7 Å². The van der Waals surface area contributed by atoms with Crippen LogP contribution in [0.1, 0.15) is 17.7 Å². The number of hydrogen-bond donors (Lipinski definition) is 1. The Balaban J connectivity index is 1.68. The van der Waals surface area contributed by atoms with Crippen LogP contribution in [0.4, 0.5) is 4.39 Å². The molecule has 10 heteroatoms. The van der Waals surface area contributed by atoms with E-state index in [1.165, 1.54) is 12.1 Å². The van der Waals surface area contributed by atoms with E-state index in [4.69, 9.17) is 21.2 Å². The van der Waals surface area contributed by atoms with Crippen molar-refractivity contribution in [2.45, 2.75) is 19.8 Å². The quantitative estimate of drug-likeness (QED) is 0.377. The third kappa shape index (κ3) is 3.84. The predicted octanol–water partition coefficient (Wildman–Crippen LogP) is 4.77. The normalized spacial score (nSPS) is 11.3. The molecule has 148 valence electrons. The number of carboxylic acids is 1.